The first-order valence-electron chi connectivity index (χ1n) is 8.30. The molecule has 23 heavy (non-hydrogen) atoms. The van der Waals surface area contributed by atoms with Gasteiger partial charge in [-0.05, 0) is 25.0 Å². The predicted octanol–water partition coefficient (Wildman–Crippen LogP) is 4.30. The highest BCUT2D eigenvalue weighted by Gasteiger charge is 2.07. The Balaban J connectivity index is 1.97. The van der Waals surface area contributed by atoms with Crippen molar-refractivity contribution in [1.29, 1.82) is 5.41 Å². The zero-order valence-electron chi connectivity index (χ0n) is 13.7. The number of ether oxygens (including phenoxy) is 1. The molecule has 0 fully saturated rings. The van der Waals surface area contributed by atoms with Gasteiger partial charge in [0.05, 0.1) is 5.69 Å². The summed E-state index contributed by atoms with van der Waals surface area (Å²) in [7, 11) is 0. The number of nitrogens with zero attached hydrogens (tertiary/aromatic N) is 2. The summed E-state index contributed by atoms with van der Waals surface area (Å²) in [6.07, 6.45) is 7.82. The van der Waals surface area contributed by atoms with E-state index in [1.165, 1.54) is 25.7 Å². The molecule has 0 saturated heterocycles. The van der Waals surface area contributed by atoms with E-state index in [1.807, 2.05) is 30.3 Å². The Morgan fingerprint density at radius 2 is 1.78 bits per heavy atom. The lowest BCUT2D eigenvalue weighted by molar-refractivity contribution is 0.153. The van der Waals surface area contributed by atoms with Crippen molar-refractivity contribution in [2.75, 3.05) is 0 Å². The highest BCUT2D eigenvalue weighted by atomic mass is 16.5. The fourth-order valence-corrected chi connectivity index (χ4v) is 2.45. The Hall–Kier alpha value is -2.30. The molecule has 5 heteroatoms. The van der Waals surface area contributed by atoms with E-state index in [1.54, 1.807) is 6.07 Å². The van der Waals surface area contributed by atoms with Crippen LogP contribution in [-0.2, 0) is 6.42 Å². The van der Waals surface area contributed by atoms with E-state index in [2.05, 4.69) is 11.9 Å². The molecule has 0 atom stereocenters. The largest absolute Gasteiger partial charge is 0.439 e. The SMILES string of the molecule is CCCCCCCCc1cc(Oc2ccccc2)nc(=N)n1O. The number of benzene rings is 1. The van der Waals surface area contributed by atoms with Gasteiger partial charge in [-0.2, -0.15) is 9.71 Å². The summed E-state index contributed by atoms with van der Waals surface area (Å²) in [6, 6.07) is 11.0. The van der Waals surface area contributed by atoms with Gasteiger partial charge in [-0.15, -0.1) is 0 Å². The highest BCUT2D eigenvalue weighted by Crippen LogP contribution is 2.19. The maximum absolute atomic E-state index is 9.94. The van der Waals surface area contributed by atoms with E-state index in [9.17, 15) is 5.21 Å². The molecule has 1 aromatic carbocycles. The highest BCUT2D eigenvalue weighted by molar-refractivity contribution is 5.27. The van der Waals surface area contributed by atoms with Crippen molar-refractivity contribution in [2.24, 2.45) is 0 Å². The average Bonchev–Trinajstić information content (AvgIpc) is 2.56. The van der Waals surface area contributed by atoms with Crippen LogP contribution in [0.3, 0.4) is 0 Å². The van der Waals surface area contributed by atoms with E-state index in [0.29, 0.717) is 23.7 Å². The Morgan fingerprint density at radius 3 is 2.52 bits per heavy atom. The van der Waals surface area contributed by atoms with Crippen molar-refractivity contribution >= 4 is 0 Å². The third kappa shape index (κ3) is 5.43. The van der Waals surface area contributed by atoms with E-state index in [-0.39, 0.29) is 5.62 Å². The van der Waals surface area contributed by atoms with E-state index in [4.69, 9.17) is 10.1 Å². The molecule has 0 aliphatic carbocycles. The van der Waals surface area contributed by atoms with Crippen molar-refractivity contribution in [1.82, 2.24) is 9.71 Å². The average molecular weight is 315 g/mol. The first-order chi connectivity index (χ1) is 11.2. The van der Waals surface area contributed by atoms with Gasteiger partial charge in [0.15, 0.2) is 0 Å². The maximum Gasteiger partial charge on any atom is 0.258 e. The molecule has 0 aliphatic heterocycles. The second-order valence-corrected chi connectivity index (χ2v) is 5.65. The van der Waals surface area contributed by atoms with Crippen molar-refractivity contribution < 1.29 is 9.94 Å². The van der Waals surface area contributed by atoms with Crippen molar-refractivity contribution in [2.45, 2.75) is 51.9 Å². The third-order valence-electron chi connectivity index (χ3n) is 3.73. The van der Waals surface area contributed by atoms with Crippen LogP contribution in [0.4, 0.5) is 0 Å². The number of hydrogen-bond donors (Lipinski definition) is 2. The topological polar surface area (TPSA) is 71.1 Å². The van der Waals surface area contributed by atoms with Crippen LogP contribution in [-0.4, -0.2) is 14.9 Å². The smallest absolute Gasteiger partial charge is 0.258 e. The molecule has 0 aliphatic rings. The van der Waals surface area contributed by atoms with Gasteiger partial charge in [-0.25, -0.2) is 0 Å². The first-order valence-corrected chi connectivity index (χ1v) is 8.30. The molecule has 2 N–H and O–H groups in total. The number of para-hydroxylation sites is 1. The van der Waals surface area contributed by atoms with Gasteiger partial charge in [0.25, 0.3) is 5.62 Å². The van der Waals surface area contributed by atoms with Crippen LogP contribution in [0.5, 0.6) is 11.6 Å². The van der Waals surface area contributed by atoms with Crippen LogP contribution in [0.25, 0.3) is 0 Å². The monoisotopic (exact) mass is 315 g/mol. The quantitative estimate of drug-likeness (QED) is 0.535. The summed E-state index contributed by atoms with van der Waals surface area (Å²) in [6.45, 7) is 2.20. The predicted molar refractivity (Wildman–Crippen MR) is 88.9 cm³/mol. The second-order valence-electron chi connectivity index (χ2n) is 5.65. The van der Waals surface area contributed by atoms with Gasteiger partial charge in [-0.3, -0.25) is 5.41 Å². The molecule has 2 rings (SSSR count). The molecular weight excluding hydrogens is 290 g/mol. The number of aryl methyl sites for hydroxylation is 1. The zero-order valence-corrected chi connectivity index (χ0v) is 13.7. The molecule has 1 aromatic heterocycles. The zero-order chi connectivity index (χ0) is 16.5. The van der Waals surface area contributed by atoms with Crippen molar-refractivity contribution in [3.8, 4) is 11.6 Å². The lowest BCUT2D eigenvalue weighted by Crippen LogP contribution is -2.24. The minimum Gasteiger partial charge on any atom is -0.439 e. The number of hydrogen-bond acceptors (Lipinski definition) is 4. The van der Waals surface area contributed by atoms with Crippen molar-refractivity contribution in [3.05, 3.63) is 47.7 Å². The molecule has 1 heterocycles. The van der Waals surface area contributed by atoms with Crippen LogP contribution >= 0.6 is 0 Å². The molecule has 0 amide bonds. The lowest BCUT2D eigenvalue weighted by Gasteiger charge is -2.10. The van der Waals surface area contributed by atoms with Gasteiger partial charge in [0.2, 0.25) is 5.88 Å². The summed E-state index contributed by atoms with van der Waals surface area (Å²) in [5.74, 6) is 1.01. The molecule has 124 valence electrons. The Morgan fingerprint density at radius 1 is 1.09 bits per heavy atom. The molecule has 0 spiro atoms. The second kappa shape index (κ2) is 8.98. The molecular formula is C18H25N3O2. The Kier molecular flexibility index (Phi) is 6.66. The fourth-order valence-electron chi connectivity index (χ4n) is 2.45. The summed E-state index contributed by atoms with van der Waals surface area (Å²) in [5, 5.41) is 17.7. The molecule has 5 nitrogen and oxygen atoms in total. The molecule has 0 radical (unpaired) electrons. The number of aromatic nitrogens is 2. The number of nitrogens with one attached hydrogen (secondary N) is 1. The van der Waals surface area contributed by atoms with Crippen LogP contribution < -0.4 is 10.4 Å². The molecule has 0 unspecified atom stereocenters. The van der Waals surface area contributed by atoms with Crippen LogP contribution in [0.15, 0.2) is 36.4 Å². The summed E-state index contributed by atoms with van der Waals surface area (Å²) >= 11 is 0. The lowest BCUT2D eigenvalue weighted by atomic mass is 10.1. The normalized spacial score (nSPS) is 10.7. The van der Waals surface area contributed by atoms with Gasteiger partial charge in [0.1, 0.15) is 5.75 Å². The van der Waals surface area contributed by atoms with E-state index >= 15 is 0 Å². The van der Waals surface area contributed by atoms with Crippen LogP contribution in [0.1, 0.15) is 51.1 Å². The standard InChI is InChI=1S/C18H25N3O2/c1-2-3-4-5-6-8-11-15-14-17(20-18(19)21(15)22)23-16-12-9-7-10-13-16/h7,9-10,12-14,19,22H,2-6,8,11H2,1H3. The molecule has 0 bridgehead atoms. The van der Waals surface area contributed by atoms with Gasteiger partial charge >= 0.3 is 0 Å². The fraction of sp³-hybridized carbons (Fsp3) is 0.444. The Labute approximate surface area is 137 Å². The minimum atomic E-state index is -0.209. The minimum absolute atomic E-state index is 0.209. The number of rotatable bonds is 9. The molecule has 2 aromatic rings. The van der Waals surface area contributed by atoms with Crippen molar-refractivity contribution in [3.63, 3.8) is 0 Å². The van der Waals surface area contributed by atoms with Crippen LogP contribution in [0, 0.1) is 5.41 Å². The summed E-state index contributed by atoms with van der Waals surface area (Å²) in [5.41, 5.74) is 0.450. The summed E-state index contributed by atoms with van der Waals surface area (Å²) in [4.78, 5) is 3.95. The maximum atomic E-state index is 9.94. The van der Waals surface area contributed by atoms with E-state index < -0.39 is 0 Å². The molecule has 0 saturated carbocycles. The van der Waals surface area contributed by atoms with Gasteiger partial charge in [-0.1, -0.05) is 57.2 Å². The third-order valence-corrected chi connectivity index (χ3v) is 3.73. The van der Waals surface area contributed by atoms with Crippen LogP contribution in [0.2, 0.25) is 0 Å². The van der Waals surface area contributed by atoms with Gasteiger partial charge < -0.3 is 9.94 Å². The first kappa shape index (κ1) is 17.1. The van der Waals surface area contributed by atoms with E-state index in [0.717, 1.165) is 17.6 Å². The number of unbranched alkanes of at least 4 members (excludes halogenated alkanes) is 5. The van der Waals surface area contributed by atoms with Gasteiger partial charge in [0, 0.05) is 6.07 Å². The summed E-state index contributed by atoms with van der Waals surface area (Å²) < 4.78 is 6.50. The Bertz CT molecular complexity index is 653.